The first-order valence-corrected chi connectivity index (χ1v) is 6.84. The maximum absolute atomic E-state index is 12.1. The Morgan fingerprint density at radius 2 is 2.28 bits per heavy atom. The second-order valence-electron chi connectivity index (χ2n) is 4.99. The summed E-state index contributed by atoms with van der Waals surface area (Å²) in [4.78, 5) is 12.1. The molecule has 1 aromatic carbocycles. The first kappa shape index (κ1) is 13.1. The third-order valence-electron chi connectivity index (χ3n) is 3.62. The van der Waals surface area contributed by atoms with E-state index >= 15 is 0 Å². The number of rotatable bonds is 3. The van der Waals surface area contributed by atoms with Crippen molar-refractivity contribution in [1.82, 2.24) is 5.32 Å². The van der Waals surface area contributed by atoms with Gasteiger partial charge in [0.25, 0.3) is 0 Å². The van der Waals surface area contributed by atoms with Crippen molar-refractivity contribution in [3.05, 3.63) is 29.3 Å². The minimum absolute atomic E-state index is 0.0230. The van der Waals surface area contributed by atoms with Gasteiger partial charge >= 0.3 is 0 Å². The summed E-state index contributed by atoms with van der Waals surface area (Å²) in [5.41, 5.74) is 3.49. The van der Waals surface area contributed by atoms with Crippen LogP contribution >= 0.6 is 0 Å². The van der Waals surface area contributed by atoms with Crippen LogP contribution in [0.3, 0.4) is 0 Å². The van der Waals surface area contributed by atoms with Crippen molar-refractivity contribution in [2.24, 2.45) is 0 Å². The fourth-order valence-electron chi connectivity index (χ4n) is 2.44. The topological polar surface area (TPSA) is 41.1 Å². The van der Waals surface area contributed by atoms with E-state index in [0.717, 1.165) is 31.5 Å². The molecule has 1 heterocycles. The Morgan fingerprint density at radius 1 is 1.44 bits per heavy atom. The van der Waals surface area contributed by atoms with Gasteiger partial charge in [-0.2, -0.15) is 0 Å². The zero-order chi connectivity index (χ0) is 13.0. The lowest BCUT2D eigenvalue weighted by atomic mass is 10.0. The maximum atomic E-state index is 12.1. The Kier molecular flexibility index (Phi) is 4.37. The minimum atomic E-state index is -0.0230. The number of hydrogen-bond donors (Lipinski definition) is 2. The largest absolute Gasteiger partial charge is 0.325 e. The van der Waals surface area contributed by atoms with Crippen LogP contribution in [0.2, 0.25) is 0 Å². The molecule has 0 bridgehead atoms. The first-order valence-electron chi connectivity index (χ1n) is 6.84. The highest BCUT2D eigenvalue weighted by Crippen LogP contribution is 2.17. The van der Waals surface area contributed by atoms with Crippen LogP contribution in [-0.4, -0.2) is 18.5 Å². The lowest BCUT2D eigenvalue weighted by molar-refractivity contribution is -0.118. The van der Waals surface area contributed by atoms with E-state index in [0.29, 0.717) is 0 Å². The third kappa shape index (κ3) is 3.10. The van der Waals surface area contributed by atoms with Crippen molar-refractivity contribution in [1.29, 1.82) is 0 Å². The average Bonchev–Trinajstić information content (AvgIpc) is 2.42. The summed E-state index contributed by atoms with van der Waals surface area (Å²) in [6.45, 7) is 5.19. The number of carbonyl (C=O) groups is 1. The average molecular weight is 246 g/mol. The standard InChI is InChI=1S/C15H22N2O/c1-3-12-10-13(8-7-11(12)2)17-15(18)14-6-4-5-9-16-14/h7-8,10,14,16H,3-6,9H2,1-2H3,(H,17,18)/t14-/m1/s1. The number of piperidine rings is 1. The highest BCUT2D eigenvalue weighted by Gasteiger charge is 2.20. The van der Waals surface area contributed by atoms with Crippen LogP contribution in [0.4, 0.5) is 5.69 Å². The first-order chi connectivity index (χ1) is 8.70. The molecule has 2 rings (SSSR count). The number of aryl methyl sites for hydroxylation is 2. The van der Waals surface area contributed by atoms with Gasteiger partial charge in [0.15, 0.2) is 0 Å². The lowest BCUT2D eigenvalue weighted by Gasteiger charge is -2.22. The van der Waals surface area contributed by atoms with Gasteiger partial charge in [0.1, 0.15) is 0 Å². The quantitative estimate of drug-likeness (QED) is 0.861. The summed E-state index contributed by atoms with van der Waals surface area (Å²) in [6, 6.07) is 6.11. The summed E-state index contributed by atoms with van der Waals surface area (Å²) in [7, 11) is 0. The number of carbonyl (C=O) groups excluding carboxylic acids is 1. The number of amides is 1. The maximum Gasteiger partial charge on any atom is 0.241 e. The van der Waals surface area contributed by atoms with E-state index in [1.54, 1.807) is 0 Å². The fraction of sp³-hybridized carbons (Fsp3) is 0.533. The zero-order valence-corrected chi connectivity index (χ0v) is 11.3. The van der Waals surface area contributed by atoms with Crippen LogP contribution in [-0.2, 0) is 11.2 Å². The molecule has 1 aliphatic rings. The lowest BCUT2D eigenvalue weighted by Crippen LogP contribution is -2.43. The second kappa shape index (κ2) is 6.01. The summed E-state index contributed by atoms with van der Waals surface area (Å²) < 4.78 is 0. The number of hydrogen-bond acceptors (Lipinski definition) is 2. The molecule has 1 fully saturated rings. The van der Waals surface area contributed by atoms with Gasteiger partial charge in [0.2, 0.25) is 5.91 Å². The van der Waals surface area contributed by atoms with Gasteiger partial charge in [-0.1, -0.05) is 19.4 Å². The zero-order valence-electron chi connectivity index (χ0n) is 11.3. The summed E-state index contributed by atoms with van der Waals surface area (Å²) in [6.07, 6.45) is 4.25. The molecule has 98 valence electrons. The molecule has 2 N–H and O–H groups in total. The number of benzene rings is 1. The van der Waals surface area contributed by atoms with E-state index in [-0.39, 0.29) is 11.9 Å². The van der Waals surface area contributed by atoms with E-state index in [2.05, 4.69) is 36.6 Å². The Hall–Kier alpha value is -1.35. The highest BCUT2D eigenvalue weighted by atomic mass is 16.2. The number of anilines is 1. The molecule has 0 radical (unpaired) electrons. The molecule has 0 aliphatic carbocycles. The van der Waals surface area contributed by atoms with E-state index in [1.807, 2.05) is 6.07 Å². The molecule has 1 aliphatic heterocycles. The molecule has 1 atom stereocenters. The van der Waals surface area contributed by atoms with Gasteiger partial charge in [-0.25, -0.2) is 0 Å². The SMILES string of the molecule is CCc1cc(NC(=O)[C@H]2CCCCN2)ccc1C. The molecule has 1 amide bonds. The van der Waals surface area contributed by atoms with Crippen molar-refractivity contribution in [2.45, 2.75) is 45.6 Å². The molecule has 0 spiro atoms. The van der Waals surface area contributed by atoms with Gasteiger partial charge < -0.3 is 10.6 Å². The Bertz CT molecular complexity index is 423. The third-order valence-corrected chi connectivity index (χ3v) is 3.62. The molecule has 3 nitrogen and oxygen atoms in total. The van der Waals surface area contributed by atoms with Crippen molar-refractivity contribution in [3.63, 3.8) is 0 Å². The predicted octanol–water partition coefficient (Wildman–Crippen LogP) is 2.64. The summed E-state index contributed by atoms with van der Waals surface area (Å²) >= 11 is 0. The van der Waals surface area contributed by atoms with E-state index < -0.39 is 0 Å². The van der Waals surface area contributed by atoms with Gasteiger partial charge in [-0.05, 0) is 56.0 Å². The van der Waals surface area contributed by atoms with Crippen LogP contribution < -0.4 is 10.6 Å². The smallest absolute Gasteiger partial charge is 0.241 e. The van der Waals surface area contributed by atoms with Crippen LogP contribution in [0.5, 0.6) is 0 Å². The number of nitrogens with one attached hydrogen (secondary N) is 2. The van der Waals surface area contributed by atoms with E-state index in [1.165, 1.54) is 17.5 Å². The predicted molar refractivity (Wildman–Crippen MR) is 74.8 cm³/mol. The molecule has 0 saturated carbocycles. The molecule has 1 saturated heterocycles. The van der Waals surface area contributed by atoms with Crippen molar-refractivity contribution in [3.8, 4) is 0 Å². The molecule has 0 aromatic heterocycles. The Labute approximate surface area is 109 Å². The normalized spacial score (nSPS) is 19.6. The van der Waals surface area contributed by atoms with Gasteiger partial charge in [0, 0.05) is 5.69 Å². The second-order valence-corrected chi connectivity index (χ2v) is 4.99. The minimum Gasteiger partial charge on any atom is -0.325 e. The molecular weight excluding hydrogens is 224 g/mol. The van der Waals surface area contributed by atoms with Crippen LogP contribution in [0, 0.1) is 6.92 Å². The van der Waals surface area contributed by atoms with Gasteiger partial charge in [-0.3, -0.25) is 4.79 Å². The van der Waals surface area contributed by atoms with Gasteiger partial charge in [0.05, 0.1) is 6.04 Å². The van der Waals surface area contributed by atoms with Gasteiger partial charge in [-0.15, -0.1) is 0 Å². The Balaban J connectivity index is 2.02. The van der Waals surface area contributed by atoms with E-state index in [9.17, 15) is 4.79 Å². The highest BCUT2D eigenvalue weighted by molar-refractivity contribution is 5.95. The van der Waals surface area contributed by atoms with Crippen molar-refractivity contribution < 1.29 is 4.79 Å². The molecular formula is C15H22N2O. The van der Waals surface area contributed by atoms with Crippen LogP contribution in [0.1, 0.15) is 37.3 Å². The van der Waals surface area contributed by atoms with Crippen LogP contribution in [0.15, 0.2) is 18.2 Å². The monoisotopic (exact) mass is 246 g/mol. The summed E-state index contributed by atoms with van der Waals surface area (Å²) in [5, 5.41) is 6.28. The fourth-order valence-corrected chi connectivity index (χ4v) is 2.44. The van der Waals surface area contributed by atoms with Crippen molar-refractivity contribution in [2.75, 3.05) is 11.9 Å². The summed E-state index contributed by atoms with van der Waals surface area (Å²) in [5.74, 6) is 0.0978. The molecule has 18 heavy (non-hydrogen) atoms. The van der Waals surface area contributed by atoms with Crippen LogP contribution in [0.25, 0.3) is 0 Å². The van der Waals surface area contributed by atoms with Crippen molar-refractivity contribution >= 4 is 11.6 Å². The Morgan fingerprint density at radius 3 is 2.94 bits per heavy atom. The van der Waals surface area contributed by atoms with E-state index in [4.69, 9.17) is 0 Å². The molecule has 1 aromatic rings. The molecule has 3 heteroatoms. The molecule has 0 unspecified atom stereocenters.